The molecule has 3 amide bonds. The van der Waals surface area contributed by atoms with Crippen molar-refractivity contribution in [1.29, 1.82) is 0 Å². The molecule has 334 valence electrons. The first-order valence-corrected chi connectivity index (χ1v) is 23.2. The van der Waals surface area contributed by atoms with Gasteiger partial charge < -0.3 is 25.0 Å². The highest BCUT2D eigenvalue weighted by Gasteiger charge is 2.62. The van der Waals surface area contributed by atoms with Gasteiger partial charge in [0.1, 0.15) is 45.9 Å². The van der Waals surface area contributed by atoms with Gasteiger partial charge in [-0.2, -0.15) is 13.2 Å². The van der Waals surface area contributed by atoms with E-state index in [1.54, 1.807) is 40.0 Å². The number of ether oxygens (including phenoxy) is 2. The minimum atomic E-state index is -4.63. The Bertz CT molecular complexity index is 2500. The molecule has 2 aromatic carbocycles. The minimum absolute atomic E-state index is 0.0319. The molecule has 3 fully saturated rings. The highest BCUT2D eigenvalue weighted by atomic mass is 32.2. The topological polar surface area (TPSA) is 169 Å². The van der Waals surface area contributed by atoms with Crippen LogP contribution in [-0.2, 0) is 30.6 Å². The molecule has 3 N–H and O–H groups in total. The van der Waals surface area contributed by atoms with Crippen LogP contribution in [0.1, 0.15) is 96.4 Å². The second kappa shape index (κ2) is 16.6. The lowest BCUT2D eigenvalue weighted by molar-refractivity contribution is -0.141. The van der Waals surface area contributed by atoms with Gasteiger partial charge in [0.25, 0.3) is 5.91 Å². The van der Waals surface area contributed by atoms with Gasteiger partial charge in [0.2, 0.25) is 21.8 Å². The summed E-state index contributed by atoms with van der Waals surface area (Å²) in [5.74, 6) is -1.24. The second-order valence-corrected chi connectivity index (χ2v) is 20.8. The number of likely N-dealkylation sites (tertiary alicyclic amines) is 1. The second-order valence-electron chi connectivity index (χ2n) is 18.0. The van der Waals surface area contributed by atoms with Crippen LogP contribution in [0.5, 0.6) is 11.5 Å². The van der Waals surface area contributed by atoms with Crippen LogP contribution in [0, 0.1) is 18.3 Å². The van der Waals surface area contributed by atoms with Crippen LogP contribution < -0.4 is 24.8 Å². The third kappa shape index (κ3) is 9.08. The number of rotatable bonds is 14. The molecule has 2 aliphatic carbocycles. The molecule has 18 heteroatoms. The third-order valence-electron chi connectivity index (χ3n) is 12.0. The van der Waals surface area contributed by atoms with Gasteiger partial charge in [-0.1, -0.05) is 54.0 Å². The normalized spacial score (nSPS) is 22.1. The van der Waals surface area contributed by atoms with Crippen molar-refractivity contribution >= 4 is 55.7 Å². The summed E-state index contributed by atoms with van der Waals surface area (Å²) in [5.41, 5.74) is -0.432. The van der Waals surface area contributed by atoms with Crippen molar-refractivity contribution < 1.29 is 45.4 Å². The molecule has 7 rings (SSSR count). The molecule has 1 saturated heterocycles. The Morgan fingerprint density at radius 3 is 2.37 bits per heavy atom. The molecule has 13 nitrogen and oxygen atoms in total. The van der Waals surface area contributed by atoms with E-state index in [2.05, 4.69) is 15.4 Å². The lowest BCUT2D eigenvalue weighted by Crippen LogP contribution is -2.58. The zero-order valence-electron chi connectivity index (χ0n) is 36.0. The van der Waals surface area contributed by atoms with Gasteiger partial charge in [-0.25, -0.2) is 18.4 Å². The number of sulfonamides is 1. The molecule has 3 heterocycles. The summed E-state index contributed by atoms with van der Waals surface area (Å²) in [6.07, 6.45) is -3.90. The molecule has 62 heavy (non-hydrogen) atoms. The molecule has 3 aliphatic rings. The van der Waals surface area contributed by atoms with Crippen LogP contribution in [0.3, 0.4) is 0 Å². The number of nitrogens with one attached hydrogen (secondary N) is 3. The maximum atomic E-state index is 14.9. The lowest BCUT2D eigenvalue weighted by Gasteiger charge is -2.36. The summed E-state index contributed by atoms with van der Waals surface area (Å²) >= 11 is 1.44. The molecule has 1 aliphatic heterocycles. The predicted molar refractivity (Wildman–Crippen MR) is 230 cm³/mol. The van der Waals surface area contributed by atoms with Gasteiger partial charge >= 0.3 is 6.18 Å². The van der Waals surface area contributed by atoms with Gasteiger partial charge in [-0.3, -0.25) is 19.1 Å². The molecular formula is C44H53F3N6O7S2. The van der Waals surface area contributed by atoms with E-state index in [0.29, 0.717) is 52.4 Å². The number of methoxy groups -OCH3 is 1. The summed E-state index contributed by atoms with van der Waals surface area (Å²) in [5, 5.41) is 8.51. The molecule has 2 aromatic heterocycles. The molecular weight excluding hydrogens is 846 g/mol. The summed E-state index contributed by atoms with van der Waals surface area (Å²) in [6, 6.07) is 7.60. The van der Waals surface area contributed by atoms with Gasteiger partial charge in [0.05, 0.1) is 35.7 Å². The van der Waals surface area contributed by atoms with E-state index in [1.807, 2.05) is 39.1 Å². The van der Waals surface area contributed by atoms with Gasteiger partial charge in [-0.15, -0.1) is 11.3 Å². The smallest absolute Gasteiger partial charge is 0.416 e. The van der Waals surface area contributed by atoms with E-state index in [9.17, 15) is 36.0 Å². The van der Waals surface area contributed by atoms with Gasteiger partial charge in [0.15, 0.2) is 0 Å². The van der Waals surface area contributed by atoms with Gasteiger partial charge in [-0.05, 0) is 73.8 Å². The Morgan fingerprint density at radius 2 is 1.77 bits per heavy atom. The molecule has 0 bridgehead atoms. The number of hydrogen-bond donors (Lipinski definition) is 3. The van der Waals surface area contributed by atoms with E-state index in [4.69, 9.17) is 19.4 Å². The first-order chi connectivity index (χ1) is 29.1. The Morgan fingerprint density at radius 1 is 1.05 bits per heavy atom. The molecule has 0 radical (unpaired) electrons. The monoisotopic (exact) mass is 898 g/mol. The molecule has 2 saturated carbocycles. The summed E-state index contributed by atoms with van der Waals surface area (Å²) < 4.78 is 81.6. The SMILES string of the molecule is CC[C@@H]1C[C@]1(NC(=O)[C@@H]1C[C@@H](Oc2cc(-c3nc(C(C)C)cs3)nc3c(C)c(OC)ccc23)CN1C(=O)[C@@H](Nc1cccc(C(F)(F)F)c1)C(C)(C)C)C(=O)NS(=O)(=O)C1CC1. The average molecular weight is 899 g/mol. The quantitative estimate of drug-likeness (QED) is 0.115. The van der Waals surface area contributed by atoms with Crippen molar-refractivity contribution in [1.82, 2.24) is 24.9 Å². The first kappa shape index (κ1) is 45.1. The zero-order valence-corrected chi connectivity index (χ0v) is 37.6. The zero-order chi connectivity index (χ0) is 45.1. The van der Waals surface area contributed by atoms with Crippen LogP contribution in [0.4, 0.5) is 18.9 Å². The van der Waals surface area contributed by atoms with E-state index in [-0.39, 0.29) is 36.9 Å². The van der Waals surface area contributed by atoms with Crippen molar-refractivity contribution in [2.24, 2.45) is 11.3 Å². The van der Waals surface area contributed by atoms with Crippen LogP contribution >= 0.6 is 11.3 Å². The highest BCUT2D eigenvalue weighted by Crippen LogP contribution is 2.47. The van der Waals surface area contributed by atoms with Crippen LogP contribution in [0.25, 0.3) is 21.6 Å². The highest BCUT2D eigenvalue weighted by molar-refractivity contribution is 7.91. The first-order valence-electron chi connectivity index (χ1n) is 20.8. The van der Waals surface area contributed by atoms with Crippen molar-refractivity contribution in [2.45, 2.75) is 122 Å². The van der Waals surface area contributed by atoms with Crippen LogP contribution in [0.2, 0.25) is 0 Å². The fraction of sp³-hybridized carbons (Fsp3) is 0.523. The number of hydrogen-bond acceptors (Lipinski definition) is 11. The largest absolute Gasteiger partial charge is 0.496 e. The van der Waals surface area contributed by atoms with Crippen molar-refractivity contribution in [3.8, 4) is 22.2 Å². The van der Waals surface area contributed by atoms with Crippen molar-refractivity contribution in [2.75, 3.05) is 19.0 Å². The summed E-state index contributed by atoms with van der Waals surface area (Å²) in [6.45, 7) is 13.0. The number of aromatic nitrogens is 2. The fourth-order valence-corrected chi connectivity index (χ4v) is 10.4. The van der Waals surface area contributed by atoms with E-state index in [0.717, 1.165) is 23.4 Å². The standard InChI is InChI=1S/C44H53F3N6O7S2/c1-9-25-20-43(25,41(56)52-62(57,58)29-13-14-29)51-38(54)33-18-28(21-53(33)40(55)37(42(5,6)7)48-27-12-10-11-26(17-27)44(45,46)47)60-35-19-31(39-50-32(22-61-39)23(2)3)49-36-24(4)34(59-8)16-15-30(35)36/h10-12,15-17,19,22-23,25,28-29,33,37,48H,9,13-14,18,20-21H2,1-8H3,(H,51,54)(H,52,56)/t25-,28-,33+,37-,43-/m1/s1. The molecule has 4 aromatic rings. The van der Waals surface area contributed by atoms with E-state index < -0.39 is 73.9 Å². The fourth-order valence-electron chi connectivity index (χ4n) is 8.09. The van der Waals surface area contributed by atoms with E-state index >= 15 is 0 Å². The van der Waals surface area contributed by atoms with E-state index in [1.165, 1.54) is 28.4 Å². The molecule has 0 unspecified atom stereocenters. The average Bonchev–Trinajstić information content (AvgIpc) is 4.09. The number of benzene rings is 2. The minimum Gasteiger partial charge on any atom is -0.496 e. The molecule has 0 spiro atoms. The number of pyridine rings is 1. The number of carbonyl (C=O) groups is 3. The number of anilines is 1. The predicted octanol–water partition coefficient (Wildman–Crippen LogP) is 7.59. The van der Waals surface area contributed by atoms with Crippen molar-refractivity contribution in [3.63, 3.8) is 0 Å². The number of carbonyl (C=O) groups excluding carboxylic acids is 3. The maximum absolute atomic E-state index is 14.9. The number of thiazole rings is 1. The van der Waals surface area contributed by atoms with Gasteiger partial charge in [0, 0.05) is 34.5 Å². The number of amides is 3. The number of fused-ring (bicyclic) bond motifs is 1. The summed E-state index contributed by atoms with van der Waals surface area (Å²) in [7, 11) is -2.37. The number of aryl methyl sites for hydroxylation is 1. The van der Waals surface area contributed by atoms with Crippen LogP contribution in [0.15, 0.2) is 47.8 Å². The Kier molecular flexibility index (Phi) is 12.1. The molecule has 5 atom stereocenters. The lowest BCUT2D eigenvalue weighted by atomic mass is 9.85. The number of halogens is 3. The number of alkyl halides is 3. The van der Waals surface area contributed by atoms with Crippen molar-refractivity contribution in [3.05, 3.63) is 64.7 Å². The third-order valence-corrected chi connectivity index (χ3v) is 14.7. The number of nitrogens with zero attached hydrogens (tertiary/aromatic N) is 3. The summed E-state index contributed by atoms with van der Waals surface area (Å²) in [4.78, 5) is 54.4. The maximum Gasteiger partial charge on any atom is 0.416 e. The Labute approximate surface area is 363 Å². The Balaban J connectivity index is 1.25. The Hall–Kier alpha value is -4.97. The van der Waals surface area contributed by atoms with Crippen LogP contribution in [-0.4, -0.2) is 83.6 Å².